The summed E-state index contributed by atoms with van der Waals surface area (Å²) in [5, 5.41) is 0. The smallest absolute Gasteiger partial charge is 0.0490 e. The Morgan fingerprint density at radius 1 is 1.14 bits per heavy atom. The highest BCUT2D eigenvalue weighted by Gasteiger charge is 2.27. The SMILES string of the molecule is COCC1CCC2CSCCC(C1)C2. The first-order chi connectivity index (χ1) is 6.88. The van der Waals surface area contributed by atoms with Gasteiger partial charge in [0.1, 0.15) is 0 Å². The molecule has 3 unspecified atom stereocenters. The zero-order chi connectivity index (χ0) is 9.80. The van der Waals surface area contributed by atoms with Crippen molar-refractivity contribution >= 4 is 11.8 Å². The zero-order valence-corrected chi connectivity index (χ0v) is 10.0. The Bertz CT molecular complexity index is 172. The number of hydrogen-bond acceptors (Lipinski definition) is 2. The van der Waals surface area contributed by atoms with Gasteiger partial charge in [-0.1, -0.05) is 0 Å². The van der Waals surface area contributed by atoms with Crippen molar-refractivity contribution in [3.8, 4) is 0 Å². The van der Waals surface area contributed by atoms with Gasteiger partial charge in [0.2, 0.25) is 0 Å². The first kappa shape index (κ1) is 10.8. The van der Waals surface area contributed by atoms with E-state index in [4.69, 9.17) is 4.74 Å². The molecule has 2 aliphatic rings. The second-order valence-electron chi connectivity index (χ2n) is 4.97. The molecule has 0 radical (unpaired) electrons. The normalized spacial score (nSPS) is 38.8. The van der Waals surface area contributed by atoms with Crippen LogP contribution in [0.15, 0.2) is 0 Å². The van der Waals surface area contributed by atoms with Gasteiger partial charge >= 0.3 is 0 Å². The van der Waals surface area contributed by atoms with Crippen LogP contribution in [0.1, 0.15) is 32.1 Å². The van der Waals surface area contributed by atoms with Gasteiger partial charge in [-0.05, 0) is 61.4 Å². The summed E-state index contributed by atoms with van der Waals surface area (Å²) < 4.78 is 5.31. The van der Waals surface area contributed by atoms with Crippen LogP contribution in [-0.4, -0.2) is 25.2 Å². The van der Waals surface area contributed by atoms with Crippen LogP contribution in [0.2, 0.25) is 0 Å². The lowest BCUT2D eigenvalue weighted by atomic mass is 9.90. The molecule has 2 heteroatoms. The van der Waals surface area contributed by atoms with Crippen molar-refractivity contribution in [2.75, 3.05) is 25.2 Å². The lowest BCUT2D eigenvalue weighted by molar-refractivity contribution is 0.136. The Labute approximate surface area is 92.0 Å². The number of ether oxygens (including phenoxy) is 1. The van der Waals surface area contributed by atoms with Gasteiger partial charge in [0, 0.05) is 13.7 Å². The first-order valence-corrected chi connectivity index (χ1v) is 7.10. The monoisotopic (exact) mass is 214 g/mol. The molecular formula is C12H22OS. The summed E-state index contributed by atoms with van der Waals surface area (Å²) in [7, 11) is 1.85. The Balaban J connectivity index is 1.91. The van der Waals surface area contributed by atoms with Crippen molar-refractivity contribution in [2.45, 2.75) is 32.1 Å². The summed E-state index contributed by atoms with van der Waals surface area (Å²) in [6.45, 7) is 0.996. The molecule has 0 amide bonds. The van der Waals surface area contributed by atoms with E-state index in [1.165, 1.54) is 43.6 Å². The molecule has 0 spiro atoms. The summed E-state index contributed by atoms with van der Waals surface area (Å²) >= 11 is 2.18. The minimum Gasteiger partial charge on any atom is -0.384 e. The van der Waals surface area contributed by atoms with Gasteiger partial charge in [0.05, 0.1) is 0 Å². The summed E-state index contributed by atoms with van der Waals surface area (Å²) in [5.41, 5.74) is 0. The molecular weight excluding hydrogens is 192 g/mol. The maximum atomic E-state index is 5.31. The van der Waals surface area contributed by atoms with Crippen LogP contribution in [0, 0.1) is 17.8 Å². The highest BCUT2D eigenvalue weighted by atomic mass is 32.2. The predicted molar refractivity (Wildman–Crippen MR) is 62.8 cm³/mol. The van der Waals surface area contributed by atoms with Crippen molar-refractivity contribution in [3.63, 3.8) is 0 Å². The van der Waals surface area contributed by atoms with Gasteiger partial charge in [-0.3, -0.25) is 0 Å². The minimum absolute atomic E-state index is 0.859. The number of fused-ring (bicyclic) bond motifs is 2. The van der Waals surface area contributed by atoms with Crippen LogP contribution in [0.4, 0.5) is 0 Å². The Hall–Kier alpha value is 0.310. The van der Waals surface area contributed by atoms with Gasteiger partial charge < -0.3 is 4.74 Å². The summed E-state index contributed by atoms with van der Waals surface area (Å²) in [5.74, 6) is 5.72. The van der Waals surface area contributed by atoms with E-state index in [9.17, 15) is 0 Å². The van der Waals surface area contributed by atoms with Crippen molar-refractivity contribution in [2.24, 2.45) is 17.8 Å². The summed E-state index contributed by atoms with van der Waals surface area (Å²) in [4.78, 5) is 0. The Morgan fingerprint density at radius 3 is 2.93 bits per heavy atom. The standard InChI is InChI=1S/C12H22OS/c1-13-8-11-2-3-12-7-10(6-11)4-5-14-9-12/h10-12H,2-9H2,1H3. The second-order valence-corrected chi connectivity index (χ2v) is 6.12. The third-order valence-electron chi connectivity index (χ3n) is 3.74. The fourth-order valence-corrected chi connectivity index (χ4v) is 4.32. The van der Waals surface area contributed by atoms with Crippen LogP contribution in [-0.2, 0) is 4.74 Å². The molecule has 1 aliphatic heterocycles. The number of hydrogen-bond donors (Lipinski definition) is 0. The number of methoxy groups -OCH3 is 1. The zero-order valence-electron chi connectivity index (χ0n) is 9.21. The van der Waals surface area contributed by atoms with Crippen LogP contribution in [0.3, 0.4) is 0 Å². The molecule has 1 aliphatic carbocycles. The first-order valence-electron chi connectivity index (χ1n) is 5.95. The summed E-state index contributed by atoms with van der Waals surface area (Å²) in [6.07, 6.45) is 7.27. The fourth-order valence-electron chi connectivity index (χ4n) is 3.02. The van der Waals surface area contributed by atoms with E-state index >= 15 is 0 Å². The molecule has 1 heterocycles. The molecule has 0 aromatic rings. The van der Waals surface area contributed by atoms with Gasteiger partial charge in [0.15, 0.2) is 0 Å². The predicted octanol–water partition coefficient (Wildman–Crippen LogP) is 3.19. The maximum Gasteiger partial charge on any atom is 0.0490 e. The van der Waals surface area contributed by atoms with Crippen LogP contribution >= 0.6 is 11.8 Å². The van der Waals surface area contributed by atoms with E-state index < -0.39 is 0 Å². The highest BCUT2D eigenvalue weighted by molar-refractivity contribution is 7.99. The molecule has 82 valence electrons. The number of thioether (sulfide) groups is 1. The van der Waals surface area contributed by atoms with Crippen LogP contribution in [0.5, 0.6) is 0 Å². The largest absolute Gasteiger partial charge is 0.384 e. The molecule has 1 saturated carbocycles. The molecule has 14 heavy (non-hydrogen) atoms. The maximum absolute atomic E-state index is 5.31. The van der Waals surface area contributed by atoms with Crippen molar-refractivity contribution in [1.29, 1.82) is 0 Å². The average Bonchev–Trinajstić information content (AvgIpc) is 2.50. The fraction of sp³-hybridized carbons (Fsp3) is 1.00. The Morgan fingerprint density at radius 2 is 2.07 bits per heavy atom. The number of rotatable bonds is 2. The van der Waals surface area contributed by atoms with Gasteiger partial charge in [-0.2, -0.15) is 11.8 Å². The van der Waals surface area contributed by atoms with E-state index in [0.29, 0.717) is 0 Å². The summed E-state index contributed by atoms with van der Waals surface area (Å²) in [6, 6.07) is 0. The minimum atomic E-state index is 0.859. The lowest BCUT2D eigenvalue weighted by Crippen LogP contribution is -2.11. The van der Waals surface area contributed by atoms with E-state index in [0.717, 1.165) is 24.4 Å². The van der Waals surface area contributed by atoms with Gasteiger partial charge in [-0.15, -0.1) is 0 Å². The van der Waals surface area contributed by atoms with Gasteiger partial charge in [-0.25, -0.2) is 0 Å². The molecule has 0 N–H and O–H groups in total. The molecule has 1 saturated heterocycles. The average molecular weight is 214 g/mol. The van der Waals surface area contributed by atoms with E-state index in [2.05, 4.69) is 11.8 Å². The van der Waals surface area contributed by atoms with E-state index in [-0.39, 0.29) is 0 Å². The van der Waals surface area contributed by atoms with Crippen molar-refractivity contribution < 1.29 is 4.74 Å². The van der Waals surface area contributed by atoms with Crippen molar-refractivity contribution in [1.82, 2.24) is 0 Å². The lowest BCUT2D eigenvalue weighted by Gasteiger charge is -2.18. The molecule has 3 atom stereocenters. The van der Waals surface area contributed by atoms with Gasteiger partial charge in [0.25, 0.3) is 0 Å². The molecule has 0 aromatic heterocycles. The quantitative estimate of drug-likeness (QED) is 0.698. The highest BCUT2D eigenvalue weighted by Crippen LogP contribution is 2.38. The third-order valence-corrected chi connectivity index (χ3v) is 4.97. The third kappa shape index (κ3) is 2.90. The van der Waals surface area contributed by atoms with Crippen LogP contribution in [0.25, 0.3) is 0 Å². The van der Waals surface area contributed by atoms with E-state index in [1.54, 1.807) is 0 Å². The Kier molecular flexibility index (Phi) is 4.18. The topological polar surface area (TPSA) is 9.23 Å². The van der Waals surface area contributed by atoms with E-state index in [1.807, 2.05) is 7.11 Å². The second kappa shape index (κ2) is 5.41. The molecule has 0 aromatic carbocycles. The molecule has 2 bridgehead atoms. The molecule has 1 nitrogen and oxygen atoms in total. The van der Waals surface area contributed by atoms with Crippen molar-refractivity contribution in [3.05, 3.63) is 0 Å². The van der Waals surface area contributed by atoms with Crippen LogP contribution < -0.4 is 0 Å². The molecule has 2 fully saturated rings. The molecule has 2 rings (SSSR count).